The molecule has 9 heteroatoms. The second kappa shape index (κ2) is 5.66. The number of aromatic amines is 1. The second-order valence-electron chi connectivity index (χ2n) is 5.37. The second-order valence-corrected chi connectivity index (χ2v) is 5.37. The van der Waals surface area contributed by atoms with Crippen LogP contribution in [0.2, 0.25) is 0 Å². The van der Waals surface area contributed by atoms with Crippen molar-refractivity contribution in [2.45, 2.75) is 19.1 Å². The summed E-state index contributed by atoms with van der Waals surface area (Å²) in [6, 6.07) is 4.57. The van der Waals surface area contributed by atoms with E-state index in [0.717, 1.165) is 6.07 Å². The first-order valence-corrected chi connectivity index (χ1v) is 7.12. The zero-order valence-electron chi connectivity index (χ0n) is 12.8. The van der Waals surface area contributed by atoms with Gasteiger partial charge >= 0.3 is 6.18 Å². The van der Waals surface area contributed by atoms with Gasteiger partial charge in [-0.05, 0) is 18.6 Å². The van der Waals surface area contributed by atoms with Gasteiger partial charge in [-0.2, -0.15) is 23.3 Å². The molecule has 0 bridgehead atoms. The molecule has 0 radical (unpaired) electrons. The number of nitrogens with zero attached hydrogens (tertiary/aromatic N) is 3. The fraction of sp³-hybridized carbons (Fsp3) is 0.267. The summed E-state index contributed by atoms with van der Waals surface area (Å²) in [5.74, 6) is 0.0839. The fourth-order valence-corrected chi connectivity index (χ4v) is 2.52. The smallest absolute Gasteiger partial charge is 0.349 e. The number of alkyl halides is 3. The predicted octanol–water partition coefficient (Wildman–Crippen LogP) is 2.85. The van der Waals surface area contributed by atoms with Gasteiger partial charge < -0.3 is 5.32 Å². The first kappa shape index (κ1) is 16.0. The van der Waals surface area contributed by atoms with Crippen LogP contribution in [0.25, 0.3) is 11.0 Å². The fourth-order valence-electron chi connectivity index (χ4n) is 2.52. The van der Waals surface area contributed by atoms with Crippen molar-refractivity contribution >= 4 is 17.0 Å². The van der Waals surface area contributed by atoms with E-state index in [1.807, 2.05) is 0 Å². The van der Waals surface area contributed by atoms with Crippen molar-refractivity contribution in [2.24, 2.45) is 7.05 Å². The van der Waals surface area contributed by atoms with Crippen LogP contribution in [-0.4, -0.2) is 19.7 Å². The standard InChI is InChI=1S/C15H14F3N5O/c1-8(9-5-3-4-6-11(9)15(16,17)18)20-14-21-12-10(13(24)22-14)7-19-23(12)2/h3-8H,1-2H3,(H2,20,21,22,24). The Morgan fingerprint density at radius 2 is 2.00 bits per heavy atom. The van der Waals surface area contributed by atoms with Crippen molar-refractivity contribution in [2.75, 3.05) is 5.32 Å². The molecule has 24 heavy (non-hydrogen) atoms. The molecule has 2 heterocycles. The molecule has 126 valence electrons. The van der Waals surface area contributed by atoms with E-state index < -0.39 is 23.3 Å². The number of aromatic nitrogens is 4. The maximum atomic E-state index is 13.1. The van der Waals surface area contributed by atoms with Gasteiger partial charge in [-0.25, -0.2) is 0 Å². The highest BCUT2D eigenvalue weighted by Gasteiger charge is 2.34. The average molecular weight is 337 g/mol. The summed E-state index contributed by atoms with van der Waals surface area (Å²) in [5, 5.41) is 7.06. The Kier molecular flexibility index (Phi) is 3.78. The predicted molar refractivity (Wildman–Crippen MR) is 82.6 cm³/mol. The van der Waals surface area contributed by atoms with Crippen LogP contribution < -0.4 is 10.9 Å². The molecule has 6 nitrogen and oxygen atoms in total. The van der Waals surface area contributed by atoms with Crippen molar-refractivity contribution in [1.82, 2.24) is 19.7 Å². The van der Waals surface area contributed by atoms with Gasteiger partial charge in [0.25, 0.3) is 5.56 Å². The summed E-state index contributed by atoms with van der Waals surface area (Å²) in [4.78, 5) is 18.7. The van der Waals surface area contributed by atoms with Gasteiger partial charge in [-0.1, -0.05) is 18.2 Å². The summed E-state index contributed by atoms with van der Waals surface area (Å²) < 4.78 is 40.8. The van der Waals surface area contributed by atoms with Crippen molar-refractivity contribution in [3.8, 4) is 0 Å². The SMILES string of the molecule is CC(Nc1nc2c(cnn2C)c(=O)[nH]1)c1ccccc1C(F)(F)F. The lowest BCUT2D eigenvalue weighted by Crippen LogP contribution is -2.18. The molecule has 0 aliphatic rings. The highest BCUT2D eigenvalue weighted by atomic mass is 19.4. The first-order valence-electron chi connectivity index (χ1n) is 7.12. The minimum Gasteiger partial charge on any atom is -0.349 e. The lowest BCUT2D eigenvalue weighted by molar-refractivity contribution is -0.138. The van der Waals surface area contributed by atoms with E-state index in [1.54, 1.807) is 14.0 Å². The molecule has 0 amide bonds. The molecule has 1 unspecified atom stereocenters. The maximum Gasteiger partial charge on any atom is 0.416 e. The number of rotatable bonds is 3. The Bertz CT molecular complexity index is 944. The molecular formula is C15H14F3N5O. The molecule has 2 aromatic heterocycles. The number of hydrogen-bond donors (Lipinski definition) is 2. The van der Waals surface area contributed by atoms with Crippen molar-refractivity contribution < 1.29 is 13.2 Å². The van der Waals surface area contributed by atoms with Crippen LogP contribution in [0.1, 0.15) is 24.1 Å². The van der Waals surface area contributed by atoms with Crippen LogP contribution in [0.4, 0.5) is 19.1 Å². The van der Waals surface area contributed by atoms with Crippen LogP contribution in [0.15, 0.2) is 35.3 Å². The van der Waals surface area contributed by atoms with Crippen LogP contribution in [-0.2, 0) is 13.2 Å². The third kappa shape index (κ3) is 2.84. The summed E-state index contributed by atoms with van der Waals surface area (Å²) >= 11 is 0. The van der Waals surface area contributed by atoms with Crippen molar-refractivity contribution in [1.29, 1.82) is 0 Å². The average Bonchev–Trinajstić information content (AvgIpc) is 2.88. The van der Waals surface area contributed by atoms with Gasteiger partial charge in [-0.3, -0.25) is 14.5 Å². The van der Waals surface area contributed by atoms with E-state index in [0.29, 0.717) is 11.0 Å². The number of halogens is 3. The van der Waals surface area contributed by atoms with E-state index in [2.05, 4.69) is 20.4 Å². The van der Waals surface area contributed by atoms with E-state index in [1.165, 1.54) is 29.1 Å². The molecule has 1 atom stereocenters. The molecule has 0 aliphatic carbocycles. The molecule has 0 spiro atoms. The highest BCUT2D eigenvalue weighted by Crippen LogP contribution is 2.35. The Morgan fingerprint density at radius 3 is 2.71 bits per heavy atom. The monoisotopic (exact) mass is 337 g/mol. The molecule has 0 aliphatic heterocycles. The lowest BCUT2D eigenvalue weighted by Gasteiger charge is -2.19. The third-order valence-corrected chi connectivity index (χ3v) is 3.69. The lowest BCUT2D eigenvalue weighted by atomic mass is 10.0. The summed E-state index contributed by atoms with van der Waals surface area (Å²) in [6.07, 6.45) is -3.08. The quantitative estimate of drug-likeness (QED) is 0.771. The van der Waals surface area contributed by atoms with Crippen molar-refractivity contribution in [3.05, 3.63) is 51.9 Å². The number of hydrogen-bond acceptors (Lipinski definition) is 4. The number of anilines is 1. The molecule has 2 N–H and O–H groups in total. The van der Waals surface area contributed by atoms with Crippen LogP contribution >= 0.6 is 0 Å². The molecule has 0 saturated heterocycles. The Hall–Kier alpha value is -2.84. The summed E-state index contributed by atoms with van der Waals surface area (Å²) in [6.45, 7) is 1.57. The van der Waals surface area contributed by atoms with E-state index in [9.17, 15) is 18.0 Å². The van der Waals surface area contributed by atoms with Crippen LogP contribution in [0, 0.1) is 0 Å². The third-order valence-electron chi connectivity index (χ3n) is 3.69. The Labute approximate surface area is 134 Å². The highest BCUT2D eigenvalue weighted by molar-refractivity contribution is 5.74. The van der Waals surface area contributed by atoms with Crippen LogP contribution in [0.5, 0.6) is 0 Å². The number of nitrogens with one attached hydrogen (secondary N) is 2. The molecule has 0 saturated carbocycles. The molecule has 1 aromatic carbocycles. The van der Waals surface area contributed by atoms with E-state index in [4.69, 9.17) is 0 Å². The Morgan fingerprint density at radius 1 is 1.29 bits per heavy atom. The van der Waals surface area contributed by atoms with Crippen LogP contribution in [0.3, 0.4) is 0 Å². The summed E-state index contributed by atoms with van der Waals surface area (Å²) in [5.41, 5.74) is -0.726. The van der Waals surface area contributed by atoms with Gasteiger partial charge in [0, 0.05) is 7.05 Å². The molecule has 0 fully saturated rings. The van der Waals surface area contributed by atoms with Gasteiger partial charge in [-0.15, -0.1) is 0 Å². The number of H-pyrrole nitrogens is 1. The van der Waals surface area contributed by atoms with Gasteiger partial charge in [0.05, 0.1) is 17.8 Å². The topological polar surface area (TPSA) is 75.6 Å². The maximum absolute atomic E-state index is 13.1. The summed E-state index contributed by atoms with van der Waals surface area (Å²) in [7, 11) is 1.63. The largest absolute Gasteiger partial charge is 0.416 e. The molecule has 3 aromatic rings. The normalized spacial score (nSPS) is 13.2. The Balaban J connectivity index is 1.98. The minimum atomic E-state index is -4.46. The van der Waals surface area contributed by atoms with Crippen molar-refractivity contribution in [3.63, 3.8) is 0 Å². The number of fused-ring (bicyclic) bond motifs is 1. The van der Waals surface area contributed by atoms with Gasteiger partial charge in [0.2, 0.25) is 5.95 Å². The first-order chi connectivity index (χ1) is 11.3. The number of aryl methyl sites for hydroxylation is 1. The van der Waals surface area contributed by atoms with E-state index in [-0.39, 0.29) is 11.5 Å². The molecular weight excluding hydrogens is 323 g/mol. The minimum absolute atomic E-state index is 0.0674. The van der Waals surface area contributed by atoms with E-state index >= 15 is 0 Å². The van der Waals surface area contributed by atoms with Gasteiger partial charge in [0.15, 0.2) is 5.65 Å². The zero-order chi connectivity index (χ0) is 17.5. The number of benzene rings is 1. The zero-order valence-corrected chi connectivity index (χ0v) is 12.8. The molecule has 3 rings (SSSR count). The van der Waals surface area contributed by atoms with Gasteiger partial charge in [0.1, 0.15) is 5.39 Å².